The normalized spacial score (nSPS) is 11.3. The van der Waals surface area contributed by atoms with Gasteiger partial charge in [0.05, 0.1) is 11.2 Å². The van der Waals surface area contributed by atoms with Crippen LogP contribution in [0.2, 0.25) is 0 Å². The first kappa shape index (κ1) is 36.2. The van der Waals surface area contributed by atoms with Gasteiger partial charge in [-0.25, -0.2) is 19.9 Å². The van der Waals surface area contributed by atoms with Crippen molar-refractivity contribution in [3.05, 3.63) is 218 Å². The van der Waals surface area contributed by atoms with Crippen molar-refractivity contribution in [2.75, 3.05) is 0 Å². The van der Waals surface area contributed by atoms with E-state index in [1.165, 1.54) is 42.6 Å². The minimum Gasteiger partial charge on any atom is -0.247 e. The first-order valence-corrected chi connectivity index (χ1v) is 21.2. The van der Waals surface area contributed by atoms with Crippen molar-refractivity contribution < 1.29 is 0 Å². The van der Waals surface area contributed by atoms with Crippen molar-refractivity contribution in [3.8, 4) is 89.2 Å². The molecule has 0 unspecified atom stereocenters. The molecule has 4 nitrogen and oxygen atoms in total. The zero-order valence-electron chi connectivity index (χ0n) is 33.0. The zero-order valence-corrected chi connectivity index (χ0v) is 33.8. The number of fused-ring (bicyclic) bond motifs is 3. The Balaban J connectivity index is 1.00. The van der Waals surface area contributed by atoms with Crippen LogP contribution < -0.4 is 0 Å². The quantitative estimate of drug-likeness (QED) is 0.154. The van der Waals surface area contributed by atoms with Crippen LogP contribution in [-0.2, 0) is 0 Å². The van der Waals surface area contributed by atoms with Gasteiger partial charge in [0, 0.05) is 48.2 Å². The third kappa shape index (κ3) is 6.97. The van der Waals surface area contributed by atoms with Gasteiger partial charge in [-0.05, 0) is 45.5 Å². The molecule has 11 rings (SSSR count). The Bertz CT molecular complexity index is 3310. The second kappa shape index (κ2) is 15.7. The summed E-state index contributed by atoms with van der Waals surface area (Å²) in [6, 6.07) is 76.2. The molecule has 0 atom stereocenters. The Morgan fingerprint density at radius 3 is 1.30 bits per heavy atom. The highest BCUT2D eigenvalue weighted by atomic mass is 32.1. The van der Waals surface area contributed by atoms with Crippen LogP contribution >= 0.6 is 11.3 Å². The number of benzene rings is 8. The minimum absolute atomic E-state index is 0.624. The van der Waals surface area contributed by atoms with Gasteiger partial charge >= 0.3 is 0 Å². The van der Waals surface area contributed by atoms with Crippen LogP contribution in [0.5, 0.6) is 0 Å². The number of aromatic nitrogens is 4. The summed E-state index contributed by atoms with van der Waals surface area (Å²) < 4.78 is 1.24. The van der Waals surface area contributed by atoms with Gasteiger partial charge in [-0.1, -0.05) is 206 Å². The van der Waals surface area contributed by atoms with E-state index >= 15 is 0 Å². The molecule has 0 aliphatic carbocycles. The average molecular weight is 797 g/mol. The molecule has 5 heteroatoms. The first-order chi connectivity index (χ1) is 30.2. The molecular formula is C56H36N4S. The molecule has 0 saturated carbocycles. The first-order valence-electron chi connectivity index (χ1n) is 20.4. The van der Waals surface area contributed by atoms with Gasteiger partial charge < -0.3 is 0 Å². The molecule has 61 heavy (non-hydrogen) atoms. The number of thiophene rings is 1. The largest absolute Gasteiger partial charge is 0.247 e. The lowest BCUT2D eigenvalue weighted by atomic mass is 9.94. The van der Waals surface area contributed by atoms with Crippen molar-refractivity contribution >= 4 is 32.3 Å². The van der Waals surface area contributed by atoms with E-state index < -0.39 is 0 Å². The second-order valence-electron chi connectivity index (χ2n) is 15.0. The van der Waals surface area contributed by atoms with E-state index in [1.54, 1.807) is 0 Å². The van der Waals surface area contributed by atoms with Crippen LogP contribution in [0.4, 0.5) is 0 Å². The maximum atomic E-state index is 5.43. The van der Waals surface area contributed by atoms with Crippen LogP contribution in [-0.4, -0.2) is 19.9 Å². The molecule has 0 aliphatic rings. The van der Waals surface area contributed by atoms with Crippen molar-refractivity contribution in [1.29, 1.82) is 0 Å². The average Bonchev–Trinajstić information content (AvgIpc) is 3.76. The van der Waals surface area contributed by atoms with Crippen LogP contribution in [0.1, 0.15) is 0 Å². The van der Waals surface area contributed by atoms with E-state index in [1.807, 2.05) is 47.7 Å². The second-order valence-corrected chi connectivity index (χ2v) is 16.0. The monoisotopic (exact) mass is 796 g/mol. The zero-order chi connectivity index (χ0) is 40.5. The highest BCUT2D eigenvalue weighted by Crippen LogP contribution is 2.50. The predicted octanol–water partition coefficient (Wildman–Crippen LogP) is 15.0. The fourth-order valence-electron chi connectivity index (χ4n) is 8.12. The molecule has 0 N–H and O–H groups in total. The van der Waals surface area contributed by atoms with Crippen LogP contribution in [0.3, 0.4) is 0 Å². The summed E-state index contributed by atoms with van der Waals surface area (Å²) in [4.78, 5) is 21.7. The minimum atomic E-state index is 0.624. The van der Waals surface area contributed by atoms with Crippen molar-refractivity contribution in [1.82, 2.24) is 19.9 Å². The molecule has 0 bridgehead atoms. The molecule has 0 amide bonds. The molecule has 8 aromatic carbocycles. The van der Waals surface area contributed by atoms with Gasteiger partial charge in [-0.2, -0.15) is 0 Å². The maximum absolute atomic E-state index is 5.43. The summed E-state index contributed by atoms with van der Waals surface area (Å²) in [5, 5.41) is 2.34. The summed E-state index contributed by atoms with van der Waals surface area (Å²) in [6.45, 7) is 0. The highest BCUT2D eigenvalue weighted by Gasteiger charge is 2.23. The van der Waals surface area contributed by atoms with Gasteiger partial charge in [0.2, 0.25) is 0 Å². The third-order valence-corrected chi connectivity index (χ3v) is 12.4. The van der Waals surface area contributed by atoms with Gasteiger partial charge in [0.1, 0.15) is 0 Å². The lowest BCUT2D eigenvalue weighted by Gasteiger charge is -2.12. The third-order valence-electron chi connectivity index (χ3n) is 11.2. The number of rotatable bonds is 8. The fraction of sp³-hybridized carbons (Fsp3) is 0. The molecule has 0 spiro atoms. The van der Waals surface area contributed by atoms with Crippen LogP contribution in [0.25, 0.3) is 110 Å². The van der Waals surface area contributed by atoms with Gasteiger partial charge in [0.25, 0.3) is 0 Å². The lowest BCUT2D eigenvalue weighted by molar-refractivity contribution is 1.07. The molecule has 3 heterocycles. The Morgan fingerprint density at radius 2 is 0.705 bits per heavy atom. The molecular weight excluding hydrogens is 761 g/mol. The summed E-state index contributed by atoms with van der Waals surface area (Å²) in [5.74, 6) is 1.89. The molecule has 0 fully saturated rings. The Morgan fingerprint density at radius 1 is 0.295 bits per heavy atom. The Labute approximate surface area is 358 Å². The number of pyridine rings is 1. The Kier molecular flexibility index (Phi) is 9.34. The number of hydrogen-bond acceptors (Lipinski definition) is 5. The molecule has 11 aromatic rings. The van der Waals surface area contributed by atoms with Gasteiger partial charge in [-0.3, -0.25) is 0 Å². The summed E-state index contributed by atoms with van der Waals surface area (Å²) in [7, 11) is 0. The van der Waals surface area contributed by atoms with E-state index in [0.717, 1.165) is 50.2 Å². The molecule has 0 saturated heterocycles. The molecule has 0 radical (unpaired) electrons. The van der Waals surface area contributed by atoms with E-state index in [2.05, 4.69) is 182 Å². The van der Waals surface area contributed by atoms with Crippen molar-refractivity contribution in [2.24, 2.45) is 0 Å². The maximum Gasteiger partial charge on any atom is 0.164 e. The van der Waals surface area contributed by atoms with Crippen LogP contribution in [0, 0.1) is 0 Å². The molecule has 3 aromatic heterocycles. The number of hydrogen-bond donors (Lipinski definition) is 0. The van der Waals surface area contributed by atoms with E-state index in [0.29, 0.717) is 17.5 Å². The number of nitrogens with zero attached hydrogens (tertiary/aromatic N) is 4. The smallest absolute Gasteiger partial charge is 0.164 e. The van der Waals surface area contributed by atoms with Gasteiger partial charge in [-0.15, -0.1) is 11.3 Å². The SMILES string of the molecule is c1ccc(-c2ccc(-c3nc(-c4ccccc4)nc(-c4ccc(-c5cccc(-c6nc7ccccc7c7sc(-c8ccccc8)c(-c8ccccc8)c67)c5)cc4)n3)cc2)cc1. The summed E-state index contributed by atoms with van der Waals surface area (Å²) in [6.07, 6.45) is 0. The Hall–Kier alpha value is -7.86. The van der Waals surface area contributed by atoms with Crippen molar-refractivity contribution in [2.45, 2.75) is 0 Å². The summed E-state index contributed by atoms with van der Waals surface area (Å²) >= 11 is 1.85. The van der Waals surface area contributed by atoms with Gasteiger partial charge in [0.15, 0.2) is 17.5 Å². The summed E-state index contributed by atoms with van der Waals surface area (Å²) in [5.41, 5.74) is 13.9. The van der Waals surface area contributed by atoms with E-state index in [9.17, 15) is 0 Å². The molecule has 0 aliphatic heterocycles. The van der Waals surface area contributed by atoms with Crippen molar-refractivity contribution in [3.63, 3.8) is 0 Å². The lowest BCUT2D eigenvalue weighted by Crippen LogP contribution is -2.00. The fourth-order valence-corrected chi connectivity index (χ4v) is 9.48. The topological polar surface area (TPSA) is 51.6 Å². The van der Waals surface area contributed by atoms with Crippen LogP contribution in [0.15, 0.2) is 218 Å². The predicted molar refractivity (Wildman–Crippen MR) is 254 cm³/mol. The number of para-hydroxylation sites is 1. The highest BCUT2D eigenvalue weighted by molar-refractivity contribution is 7.24. The molecule has 286 valence electrons. The van der Waals surface area contributed by atoms with E-state index in [-0.39, 0.29) is 0 Å². The van der Waals surface area contributed by atoms with E-state index in [4.69, 9.17) is 19.9 Å². The standard InChI is InChI=1S/C56H36N4S/c1-5-16-37(17-6-1)38-28-32-43(33-29-38)55-58-54(42-22-11-4-12-23-42)59-56(60-55)44-34-30-39(31-35-44)45-24-15-25-46(36-45)51-50-49(40-18-7-2-8-19-40)52(41-20-9-3-10-21-41)61-53(50)47-26-13-14-27-48(47)57-51/h1-36H.